The summed E-state index contributed by atoms with van der Waals surface area (Å²) in [6.45, 7) is 1.46. The molecular formula is C23H21Cl2N3O3S. The lowest BCUT2D eigenvalue weighted by molar-refractivity contribution is -0.121. The zero-order valence-electron chi connectivity index (χ0n) is 17.2. The molecule has 0 aliphatic rings. The zero-order valence-corrected chi connectivity index (χ0v) is 19.5. The van der Waals surface area contributed by atoms with E-state index >= 15 is 0 Å². The SMILES string of the molecule is Cc1cccc(C=NNC(=O)CN(Cc2ccc(Cl)c(Cl)c2)S(=O)(=O)c2ccccc2)c1. The third-order valence-corrected chi connectivity index (χ3v) is 7.03. The number of halogens is 2. The molecule has 0 aliphatic carbocycles. The van der Waals surface area contributed by atoms with Crippen molar-refractivity contribution in [3.8, 4) is 0 Å². The average molecular weight is 490 g/mol. The molecule has 3 aromatic rings. The standard InChI is InChI=1S/C23H21Cl2N3O3S/c1-17-6-5-7-18(12-17)14-26-27-23(29)16-28(15-19-10-11-21(24)22(25)13-19)32(30,31)20-8-3-2-4-9-20/h2-14H,15-16H2,1H3,(H,27,29). The van der Waals surface area contributed by atoms with Crippen molar-refractivity contribution in [1.82, 2.24) is 9.73 Å². The molecule has 0 spiro atoms. The van der Waals surface area contributed by atoms with E-state index in [1.807, 2.05) is 31.2 Å². The summed E-state index contributed by atoms with van der Waals surface area (Å²) in [7, 11) is -3.96. The highest BCUT2D eigenvalue weighted by Gasteiger charge is 2.27. The van der Waals surface area contributed by atoms with Crippen LogP contribution in [0.1, 0.15) is 16.7 Å². The lowest BCUT2D eigenvalue weighted by Gasteiger charge is -2.21. The molecule has 32 heavy (non-hydrogen) atoms. The van der Waals surface area contributed by atoms with Crippen LogP contribution >= 0.6 is 23.2 Å². The molecule has 0 saturated carbocycles. The first-order valence-electron chi connectivity index (χ1n) is 9.63. The van der Waals surface area contributed by atoms with Gasteiger partial charge in [-0.2, -0.15) is 9.41 Å². The van der Waals surface area contributed by atoms with Crippen LogP contribution in [0.25, 0.3) is 0 Å². The third-order valence-electron chi connectivity index (χ3n) is 4.49. The fourth-order valence-electron chi connectivity index (χ4n) is 2.93. The molecule has 3 aromatic carbocycles. The molecule has 6 nitrogen and oxygen atoms in total. The van der Waals surface area contributed by atoms with Crippen molar-refractivity contribution >= 4 is 45.3 Å². The average Bonchev–Trinajstić information content (AvgIpc) is 2.76. The minimum Gasteiger partial charge on any atom is -0.272 e. The van der Waals surface area contributed by atoms with Gasteiger partial charge in [0.05, 0.1) is 27.7 Å². The Kier molecular flexibility index (Phi) is 8.04. The fourth-order valence-corrected chi connectivity index (χ4v) is 4.66. The van der Waals surface area contributed by atoms with Gasteiger partial charge in [0.15, 0.2) is 0 Å². The monoisotopic (exact) mass is 489 g/mol. The number of amides is 1. The number of rotatable bonds is 8. The molecule has 166 valence electrons. The third kappa shape index (κ3) is 6.40. The molecule has 3 rings (SSSR count). The molecule has 0 unspecified atom stereocenters. The van der Waals surface area contributed by atoms with E-state index in [9.17, 15) is 13.2 Å². The van der Waals surface area contributed by atoms with Gasteiger partial charge in [-0.15, -0.1) is 0 Å². The van der Waals surface area contributed by atoms with Gasteiger partial charge in [-0.3, -0.25) is 4.79 Å². The Labute approximate surface area is 197 Å². The van der Waals surface area contributed by atoms with Crippen molar-refractivity contribution in [1.29, 1.82) is 0 Å². The van der Waals surface area contributed by atoms with Crippen LogP contribution in [-0.2, 0) is 21.4 Å². The lowest BCUT2D eigenvalue weighted by atomic mass is 10.2. The van der Waals surface area contributed by atoms with Crippen LogP contribution in [0.2, 0.25) is 10.0 Å². The number of carbonyl (C=O) groups is 1. The Morgan fingerprint density at radius 3 is 2.44 bits per heavy atom. The summed E-state index contributed by atoms with van der Waals surface area (Å²) in [4.78, 5) is 12.6. The number of hydrogen-bond donors (Lipinski definition) is 1. The van der Waals surface area contributed by atoms with Crippen molar-refractivity contribution in [2.45, 2.75) is 18.4 Å². The second-order valence-corrected chi connectivity index (χ2v) is 9.79. The Balaban J connectivity index is 1.80. The molecule has 1 N–H and O–H groups in total. The Bertz CT molecular complexity index is 1230. The van der Waals surface area contributed by atoms with Crippen LogP contribution < -0.4 is 5.43 Å². The van der Waals surface area contributed by atoms with E-state index in [0.717, 1.165) is 15.4 Å². The van der Waals surface area contributed by atoms with Crippen LogP contribution in [0.5, 0.6) is 0 Å². The largest absolute Gasteiger partial charge is 0.272 e. The number of aryl methyl sites for hydroxylation is 1. The summed E-state index contributed by atoms with van der Waals surface area (Å²) in [5, 5.41) is 4.60. The molecule has 0 aliphatic heterocycles. The quantitative estimate of drug-likeness (QED) is 0.369. The van der Waals surface area contributed by atoms with Gasteiger partial charge in [0, 0.05) is 6.54 Å². The minimum absolute atomic E-state index is 0.0663. The first-order chi connectivity index (χ1) is 15.3. The summed E-state index contributed by atoms with van der Waals surface area (Å²) in [6.07, 6.45) is 1.50. The number of sulfonamides is 1. The predicted octanol–water partition coefficient (Wildman–Crippen LogP) is 4.64. The Morgan fingerprint density at radius 2 is 1.75 bits per heavy atom. The smallest absolute Gasteiger partial charge is 0.255 e. The van der Waals surface area contributed by atoms with Gasteiger partial charge in [-0.1, -0.05) is 77.3 Å². The Hall–Kier alpha value is -2.71. The van der Waals surface area contributed by atoms with E-state index < -0.39 is 22.5 Å². The number of hydrazone groups is 1. The molecule has 0 saturated heterocycles. The molecule has 0 fully saturated rings. The van der Waals surface area contributed by atoms with Gasteiger partial charge >= 0.3 is 0 Å². The zero-order chi connectivity index (χ0) is 23.1. The van der Waals surface area contributed by atoms with Gasteiger partial charge in [-0.25, -0.2) is 13.8 Å². The fraction of sp³-hybridized carbons (Fsp3) is 0.130. The van der Waals surface area contributed by atoms with E-state index in [0.29, 0.717) is 15.6 Å². The number of nitrogens with zero attached hydrogens (tertiary/aromatic N) is 2. The molecular weight excluding hydrogens is 469 g/mol. The lowest BCUT2D eigenvalue weighted by Crippen LogP contribution is -2.39. The molecule has 1 amide bonds. The topological polar surface area (TPSA) is 78.8 Å². The van der Waals surface area contributed by atoms with Crippen LogP contribution in [0, 0.1) is 6.92 Å². The first-order valence-corrected chi connectivity index (χ1v) is 11.8. The normalized spacial score (nSPS) is 11.8. The summed E-state index contributed by atoms with van der Waals surface area (Å²) in [6, 6.07) is 20.3. The van der Waals surface area contributed by atoms with E-state index in [1.165, 1.54) is 18.3 Å². The van der Waals surface area contributed by atoms with E-state index in [1.54, 1.807) is 36.4 Å². The highest BCUT2D eigenvalue weighted by molar-refractivity contribution is 7.89. The molecule has 0 bridgehead atoms. The predicted molar refractivity (Wildman–Crippen MR) is 127 cm³/mol. The first kappa shape index (κ1) is 23.9. The molecule has 0 aromatic heterocycles. The number of hydrogen-bond acceptors (Lipinski definition) is 4. The van der Waals surface area contributed by atoms with Crippen LogP contribution in [-0.4, -0.2) is 31.4 Å². The molecule has 0 atom stereocenters. The minimum atomic E-state index is -3.96. The Morgan fingerprint density at radius 1 is 1.00 bits per heavy atom. The second kappa shape index (κ2) is 10.7. The van der Waals surface area contributed by atoms with Crippen LogP contribution in [0.15, 0.2) is 82.8 Å². The molecule has 0 heterocycles. The van der Waals surface area contributed by atoms with E-state index in [4.69, 9.17) is 23.2 Å². The maximum Gasteiger partial charge on any atom is 0.255 e. The van der Waals surface area contributed by atoms with Gasteiger partial charge in [0.1, 0.15) is 0 Å². The van der Waals surface area contributed by atoms with Crippen LogP contribution in [0.4, 0.5) is 0 Å². The van der Waals surface area contributed by atoms with Gasteiger partial charge in [0.2, 0.25) is 10.0 Å². The van der Waals surface area contributed by atoms with Crippen molar-refractivity contribution in [2.75, 3.05) is 6.54 Å². The van der Waals surface area contributed by atoms with Gasteiger partial charge in [-0.05, 0) is 42.3 Å². The maximum atomic E-state index is 13.2. The second-order valence-electron chi connectivity index (χ2n) is 7.04. The maximum absolute atomic E-state index is 13.2. The van der Waals surface area contributed by atoms with Crippen molar-refractivity contribution in [2.24, 2.45) is 5.10 Å². The summed E-state index contributed by atoms with van der Waals surface area (Å²) >= 11 is 12.0. The molecule has 9 heteroatoms. The highest BCUT2D eigenvalue weighted by atomic mass is 35.5. The molecule has 0 radical (unpaired) electrons. The summed E-state index contributed by atoms with van der Waals surface area (Å²) in [5.41, 5.74) is 4.85. The van der Waals surface area contributed by atoms with E-state index in [2.05, 4.69) is 10.5 Å². The van der Waals surface area contributed by atoms with Crippen LogP contribution in [0.3, 0.4) is 0 Å². The summed E-state index contributed by atoms with van der Waals surface area (Å²) in [5.74, 6) is -0.575. The van der Waals surface area contributed by atoms with Crippen molar-refractivity contribution < 1.29 is 13.2 Å². The van der Waals surface area contributed by atoms with Gasteiger partial charge < -0.3 is 0 Å². The van der Waals surface area contributed by atoms with Crippen molar-refractivity contribution in [3.05, 3.63) is 99.5 Å². The summed E-state index contributed by atoms with van der Waals surface area (Å²) < 4.78 is 27.5. The van der Waals surface area contributed by atoms with Crippen molar-refractivity contribution in [3.63, 3.8) is 0 Å². The number of benzene rings is 3. The number of nitrogens with one attached hydrogen (secondary N) is 1. The number of carbonyl (C=O) groups excluding carboxylic acids is 1. The van der Waals surface area contributed by atoms with Gasteiger partial charge in [0.25, 0.3) is 5.91 Å². The van der Waals surface area contributed by atoms with E-state index in [-0.39, 0.29) is 11.4 Å². The highest BCUT2D eigenvalue weighted by Crippen LogP contribution is 2.25.